The van der Waals surface area contributed by atoms with Crippen LogP contribution in [0.4, 0.5) is 11.4 Å². The average molecular weight is 617 g/mol. The van der Waals surface area contributed by atoms with E-state index in [-0.39, 0.29) is 22.5 Å². The molecule has 1 spiro atoms. The maximum absolute atomic E-state index is 15.1. The van der Waals surface area contributed by atoms with E-state index in [1.54, 1.807) is 91.0 Å². The molecule has 2 amide bonds. The molecular weight excluding hydrogens is 596 g/mol. The van der Waals surface area contributed by atoms with Gasteiger partial charge in [0.1, 0.15) is 5.76 Å². The van der Waals surface area contributed by atoms with E-state index in [1.165, 1.54) is 4.90 Å². The van der Waals surface area contributed by atoms with Crippen LogP contribution in [0.25, 0.3) is 11.5 Å². The first kappa shape index (κ1) is 25.9. The number of amides is 2. The van der Waals surface area contributed by atoms with Gasteiger partial charge in [0, 0.05) is 32.5 Å². The minimum atomic E-state index is -2.27. The number of nitrogens with zero attached hydrogens (tertiary/aromatic N) is 2. The first-order chi connectivity index (χ1) is 20.3. The van der Waals surface area contributed by atoms with Crippen molar-refractivity contribution >= 4 is 62.1 Å². The van der Waals surface area contributed by atoms with Gasteiger partial charge >= 0.3 is 5.91 Å². The molecule has 1 unspecified atom stereocenters. The molecule has 0 bridgehead atoms. The van der Waals surface area contributed by atoms with E-state index in [2.05, 4.69) is 15.9 Å². The molecule has 2 aliphatic heterocycles. The Morgan fingerprint density at radius 1 is 0.714 bits per heavy atom. The molecule has 1 atom stereocenters. The van der Waals surface area contributed by atoms with Gasteiger partial charge in [-0.25, -0.2) is 0 Å². The Balaban J connectivity index is 1.63. The molecule has 7 rings (SSSR count). The highest BCUT2D eigenvalue weighted by atomic mass is 79.9. The summed E-state index contributed by atoms with van der Waals surface area (Å²) in [5.74, 6) is -3.83. The Labute approximate surface area is 249 Å². The van der Waals surface area contributed by atoms with Crippen molar-refractivity contribution in [3.05, 3.63) is 141 Å². The second kappa shape index (κ2) is 9.22. The third kappa shape index (κ3) is 3.33. The molecule has 1 aliphatic carbocycles. The summed E-state index contributed by atoms with van der Waals surface area (Å²) in [5, 5.41) is 11.7. The number of hydrogen-bond acceptors (Lipinski definition) is 5. The quantitative estimate of drug-likeness (QED) is 0.172. The number of benzene rings is 4. The molecule has 204 valence electrons. The van der Waals surface area contributed by atoms with Crippen LogP contribution in [-0.2, 0) is 14.4 Å². The summed E-state index contributed by atoms with van der Waals surface area (Å²) in [7, 11) is 0. The second-order valence-corrected chi connectivity index (χ2v) is 11.2. The molecular formula is C34H21BrN2O5. The molecule has 1 fully saturated rings. The van der Waals surface area contributed by atoms with Gasteiger partial charge in [-0.05, 0) is 43.3 Å². The molecule has 2 heterocycles. The van der Waals surface area contributed by atoms with Crippen LogP contribution in [0.1, 0.15) is 27.0 Å². The molecule has 3 aliphatic rings. The van der Waals surface area contributed by atoms with E-state index in [0.29, 0.717) is 21.3 Å². The van der Waals surface area contributed by atoms with Crippen molar-refractivity contribution in [2.24, 2.45) is 0 Å². The summed E-state index contributed by atoms with van der Waals surface area (Å²) in [6, 6.07) is 28.8. The van der Waals surface area contributed by atoms with Crippen LogP contribution in [0.15, 0.2) is 119 Å². The fourth-order valence-corrected chi connectivity index (χ4v) is 6.40. The summed E-state index contributed by atoms with van der Waals surface area (Å²) < 4.78 is 0.712. The largest absolute Gasteiger partial charge is 0.507 e. The number of halogens is 1. The van der Waals surface area contributed by atoms with Crippen molar-refractivity contribution in [3.8, 4) is 0 Å². The van der Waals surface area contributed by atoms with Crippen LogP contribution in [0.2, 0.25) is 0 Å². The predicted molar refractivity (Wildman–Crippen MR) is 162 cm³/mol. The standard InChI is InChI=1S/C34H21BrN2O5/c1-19-11-15-22(16-12-19)36-28-24-9-5-6-10-25(24)30(39)26(28)34(33(36)42)27(29(38)20-7-3-2-4-8-20)31(40)32(41)37(34)23-17-13-21(35)14-18-23/h2-18,38H,1H3/b29-27-. The zero-order chi connectivity index (χ0) is 29.3. The highest BCUT2D eigenvalue weighted by molar-refractivity contribution is 9.10. The highest BCUT2D eigenvalue weighted by Crippen LogP contribution is 2.57. The van der Waals surface area contributed by atoms with E-state index in [4.69, 9.17) is 0 Å². The van der Waals surface area contributed by atoms with Crippen molar-refractivity contribution in [2.45, 2.75) is 12.5 Å². The number of anilines is 2. The molecule has 7 nitrogen and oxygen atoms in total. The molecule has 8 heteroatoms. The predicted octanol–water partition coefficient (Wildman–Crippen LogP) is 6.04. The van der Waals surface area contributed by atoms with Gasteiger partial charge in [-0.15, -0.1) is 0 Å². The minimum absolute atomic E-state index is 0.0473. The number of aliphatic hydroxyl groups excluding tert-OH is 1. The topological polar surface area (TPSA) is 95.0 Å². The van der Waals surface area contributed by atoms with Crippen molar-refractivity contribution < 1.29 is 24.3 Å². The van der Waals surface area contributed by atoms with Crippen LogP contribution < -0.4 is 9.80 Å². The molecule has 0 aromatic heterocycles. The molecule has 0 radical (unpaired) electrons. The lowest BCUT2D eigenvalue weighted by Crippen LogP contribution is -2.57. The van der Waals surface area contributed by atoms with Gasteiger partial charge in [-0.3, -0.25) is 29.0 Å². The molecule has 42 heavy (non-hydrogen) atoms. The smallest absolute Gasteiger partial charge is 0.300 e. The monoisotopic (exact) mass is 616 g/mol. The lowest BCUT2D eigenvalue weighted by Gasteiger charge is -2.36. The third-order valence-corrected chi connectivity index (χ3v) is 8.50. The van der Waals surface area contributed by atoms with Gasteiger partial charge in [-0.1, -0.05) is 88.2 Å². The van der Waals surface area contributed by atoms with Gasteiger partial charge in [0.05, 0.1) is 16.8 Å². The number of rotatable bonds is 3. The zero-order valence-corrected chi connectivity index (χ0v) is 23.8. The first-order valence-electron chi connectivity index (χ1n) is 13.2. The maximum atomic E-state index is 15.1. The van der Waals surface area contributed by atoms with Crippen LogP contribution in [-0.4, -0.2) is 34.0 Å². The first-order valence-corrected chi connectivity index (χ1v) is 14.0. The van der Waals surface area contributed by atoms with E-state index >= 15 is 4.79 Å². The summed E-state index contributed by atoms with van der Waals surface area (Å²) in [4.78, 5) is 60.0. The fourth-order valence-electron chi connectivity index (χ4n) is 6.14. The average Bonchev–Trinajstić information content (AvgIpc) is 3.53. The van der Waals surface area contributed by atoms with Gasteiger partial charge in [-0.2, -0.15) is 0 Å². The summed E-state index contributed by atoms with van der Waals surface area (Å²) >= 11 is 3.40. The minimum Gasteiger partial charge on any atom is -0.507 e. The van der Waals surface area contributed by atoms with E-state index in [0.717, 1.165) is 10.5 Å². The summed E-state index contributed by atoms with van der Waals surface area (Å²) in [6.45, 7) is 1.92. The Morgan fingerprint density at radius 2 is 1.31 bits per heavy atom. The number of carbonyl (C=O) groups excluding carboxylic acids is 4. The highest BCUT2D eigenvalue weighted by Gasteiger charge is 2.71. The van der Waals surface area contributed by atoms with Crippen molar-refractivity contribution in [3.63, 3.8) is 0 Å². The zero-order valence-electron chi connectivity index (χ0n) is 22.2. The van der Waals surface area contributed by atoms with Gasteiger partial charge < -0.3 is 5.11 Å². The van der Waals surface area contributed by atoms with E-state index in [1.807, 2.05) is 19.1 Å². The summed E-state index contributed by atoms with van der Waals surface area (Å²) in [6.07, 6.45) is 0. The normalized spacial score (nSPS) is 20.6. The summed E-state index contributed by atoms with van der Waals surface area (Å²) in [5.41, 5.74) is 0.244. The third-order valence-electron chi connectivity index (χ3n) is 7.97. The van der Waals surface area contributed by atoms with Crippen LogP contribution >= 0.6 is 15.9 Å². The van der Waals surface area contributed by atoms with Gasteiger partial charge in [0.15, 0.2) is 11.3 Å². The Hall–Kier alpha value is -5.08. The second-order valence-electron chi connectivity index (χ2n) is 10.3. The fraction of sp³-hybridized carbons (Fsp3) is 0.0588. The molecule has 0 saturated carbocycles. The Kier molecular flexibility index (Phi) is 5.68. The van der Waals surface area contributed by atoms with Crippen molar-refractivity contribution in [1.29, 1.82) is 0 Å². The number of hydrogen-bond donors (Lipinski definition) is 1. The number of ketones is 2. The number of Topliss-reactive ketones (excluding diaryl/α,β-unsaturated/α-hetero) is 2. The molecule has 4 aromatic rings. The van der Waals surface area contributed by atoms with E-state index < -0.39 is 40.3 Å². The SMILES string of the molecule is Cc1ccc(N2C(=O)C3(C4=C2c2ccccc2C4=O)/C(=C(\O)c2ccccc2)C(=O)C(=O)N3c2ccc(Br)cc2)cc1. The molecule has 1 N–H and O–H groups in total. The van der Waals surface area contributed by atoms with E-state index in [9.17, 15) is 19.5 Å². The van der Waals surface area contributed by atoms with Crippen LogP contribution in [0.3, 0.4) is 0 Å². The Morgan fingerprint density at radius 3 is 1.98 bits per heavy atom. The number of carbonyl (C=O) groups is 4. The lowest BCUT2D eigenvalue weighted by atomic mass is 9.79. The number of aliphatic hydroxyl groups is 1. The Bertz CT molecular complexity index is 1930. The lowest BCUT2D eigenvalue weighted by molar-refractivity contribution is -0.132. The van der Waals surface area contributed by atoms with Gasteiger partial charge in [0.2, 0.25) is 0 Å². The van der Waals surface area contributed by atoms with Crippen LogP contribution in [0.5, 0.6) is 0 Å². The maximum Gasteiger partial charge on any atom is 0.300 e. The van der Waals surface area contributed by atoms with Crippen molar-refractivity contribution in [2.75, 3.05) is 9.80 Å². The van der Waals surface area contributed by atoms with Crippen molar-refractivity contribution in [1.82, 2.24) is 0 Å². The molecule has 1 saturated heterocycles. The molecule has 4 aromatic carbocycles. The number of fused-ring (bicyclic) bond motifs is 3. The van der Waals surface area contributed by atoms with Crippen LogP contribution in [0, 0.1) is 6.92 Å². The number of aryl methyl sites for hydroxylation is 1. The van der Waals surface area contributed by atoms with Gasteiger partial charge in [0.25, 0.3) is 11.7 Å².